The van der Waals surface area contributed by atoms with Crippen LogP contribution in [0.1, 0.15) is 0 Å². The summed E-state index contributed by atoms with van der Waals surface area (Å²) in [7, 11) is 0. The molecule has 16 aromatic rings. The Balaban J connectivity index is 1.05. The number of anilines is 6. The van der Waals surface area contributed by atoms with Gasteiger partial charge in [-0.1, -0.05) is 297 Å². The van der Waals surface area contributed by atoms with Gasteiger partial charge in [-0.2, -0.15) is 0 Å². The van der Waals surface area contributed by atoms with Crippen molar-refractivity contribution >= 4 is 101 Å². The number of hydrogen-bond acceptors (Lipinski definition) is 2. The van der Waals surface area contributed by atoms with Gasteiger partial charge in [-0.3, -0.25) is 0 Å². The molecule has 418 valence electrons. The first-order valence-corrected chi connectivity index (χ1v) is 31.2. The lowest BCUT2D eigenvalue weighted by Gasteiger charge is -2.46. The van der Waals surface area contributed by atoms with Gasteiger partial charge in [0.25, 0.3) is 6.71 Å². The number of fused-ring (bicyclic) bond motifs is 9. The van der Waals surface area contributed by atoms with Gasteiger partial charge in [0, 0.05) is 55.8 Å². The lowest BCUT2D eigenvalue weighted by atomic mass is 9.33. The Kier molecular flexibility index (Phi) is 12.0. The Bertz CT molecular complexity index is 5260. The van der Waals surface area contributed by atoms with E-state index in [0.29, 0.717) is 0 Å². The van der Waals surface area contributed by atoms with Gasteiger partial charge in [0.05, 0.1) is 28.1 Å². The predicted molar refractivity (Wildman–Crippen MR) is 382 cm³/mol. The van der Waals surface area contributed by atoms with E-state index < -0.39 is 0 Å². The summed E-state index contributed by atoms with van der Waals surface area (Å²) < 4.78 is 2.53. The highest BCUT2D eigenvalue weighted by Crippen LogP contribution is 2.54. The molecule has 0 bridgehead atoms. The fourth-order valence-corrected chi connectivity index (χ4v) is 15.1. The zero-order valence-corrected chi connectivity index (χ0v) is 49.3. The Morgan fingerprint density at radius 1 is 0.233 bits per heavy atom. The molecule has 0 fully saturated rings. The zero-order valence-electron chi connectivity index (χ0n) is 49.3. The Hall–Kier alpha value is -11.7. The lowest BCUT2D eigenvalue weighted by Crippen LogP contribution is -2.61. The summed E-state index contributed by atoms with van der Waals surface area (Å²) >= 11 is 0. The highest BCUT2D eigenvalue weighted by Gasteiger charge is 2.46. The van der Waals surface area contributed by atoms with Gasteiger partial charge < -0.3 is 14.4 Å². The van der Waals surface area contributed by atoms with Crippen LogP contribution < -0.4 is 26.2 Å². The number of benzene rings is 15. The third-order valence-corrected chi connectivity index (χ3v) is 18.9. The van der Waals surface area contributed by atoms with Crippen molar-refractivity contribution < 1.29 is 0 Å². The van der Waals surface area contributed by atoms with Crippen molar-refractivity contribution in [2.24, 2.45) is 0 Å². The number of nitrogens with zero attached hydrogens (tertiary/aromatic N) is 3. The third kappa shape index (κ3) is 8.15. The molecule has 0 spiro atoms. The SMILES string of the molecule is c1ccc(-c2ccc3c(c2)B2c4ccc(-c5c6ccccc6cc6ccccc56)cc4N(c4c(-c5ccccc5)cccc4-c4ccccc4)c4cc(-n5c6ccccc6c6ccccc65)cc(c42)N3c2c(-c3ccccc3)cccc2-c2ccccc2)cc1. The predicted octanol–water partition coefficient (Wildman–Crippen LogP) is 21.2. The standard InChI is InChI=1S/C86H56BN3/c1-6-26-57(27-7-1)62-49-51-79-76(53-62)87-75-50-48-65(83-67-38-18-16-36-63(67)52-64-37-17-19-39-68(64)83)54-80(75)90(86-71(60-32-12-4-13-33-60)44-25-45-72(86)61-34-14-5-15-35-61)82-56-66(88-77-46-22-20-40-73(77)74-41-21-23-47-78(74)88)55-81(84(82)87)89(79)85-69(58-28-8-2-9-29-58)42-24-43-70(85)59-30-10-3-11-31-59/h1-56H. The van der Waals surface area contributed by atoms with E-state index >= 15 is 0 Å². The van der Waals surface area contributed by atoms with Crippen molar-refractivity contribution in [1.82, 2.24) is 4.57 Å². The lowest BCUT2D eigenvalue weighted by molar-refractivity contribution is 1.16. The molecule has 3 heterocycles. The van der Waals surface area contributed by atoms with Crippen molar-refractivity contribution in [2.45, 2.75) is 0 Å². The van der Waals surface area contributed by atoms with Crippen molar-refractivity contribution in [3.8, 4) is 72.4 Å². The molecule has 0 amide bonds. The van der Waals surface area contributed by atoms with Crippen LogP contribution in [0.4, 0.5) is 34.1 Å². The van der Waals surface area contributed by atoms with Crippen LogP contribution in [0, 0.1) is 0 Å². The third-order valence-electron chi connectivity index (χ3n) is 18.9. The second-order valence-electron chi connectivity index (χ2n) is 23.8. The van der Waals surface area contributed by atoms with Gasteiger partial charge in [0.15, 0.2) is 0 Å². The van der Waals surface area contributed by atoms with E-state index in [9.17, 15) is 0 Å². The van der Waals surface area contributed by atoms with Crippen LogP contribution in [-0.4, -0.2) is 11.3 Å². The van der Waals surface area contributed by atoms with Gasteiger partial charge in [-0.15, -0.1) is 0 Å². The first kappa shape index (κ1) is 51.5. The van der Waals surface area contributed by atoms with Crippen molar-refractivity contribution in [3.63, 3.8) is 0 Å². The first-order chi connectivity index (χ1) is 44.7. The van der Waals surface area contributed by atoms with Crippen LogP contribution in [0.15, 0.2) is 340 Å². The molecule has 0 radical (unpaired) electrons. The van der Waals surface area contributed by atoms with Gasteiger partial charge in [-0.25, -0.2) is 0 Å². The van der Waals surface area contributed by atoms with E-state index in [-0.39, 0.29) is 6.71 Å². The number of para-hydroxylation sites is 4. The van der Waals surface area contributed by atoms with Crippen LogP contribution in [0.2, 0.25) is 0 Å². The molecular formula is C86H56BN3. The van der Waals surface area contributed by atoms with Crippen molar-refractivity contribution in [1.29, 1.82) is 0 Å². The van der Waals surface area contributed by atoms with Crippen molar-refractivity contribution in [2.75, 3.05) is 9.80 Å². The molecule has 0 atom stereocenters. The molecule has 0 saturated heterocycles. The molecule has 90 heavy (non-hydrogen) atoms. The van der Waals surface area contributed by atoms with Crippen LogP contribution >= 0.6 is 0 Å². The Morgan fingerprint density at radius 2 is 0.633 bits per heavy atom. The summed E-state index contributed by atoms with van der Waals surface area (Å²) in [6.07, 6.45) is 0. The fraction of sp³-hybridized carbons (Fsp3) is 0. The molecule has 2 aliphatic rings. The minimum absolute atomic E-state index is 0.227. The first-order valence-electron chi connectivity index (χ1n) is 31.2. The second-order valence-corrected chi connectivity index (χ2v) is 23.8. The number of aromatic nitrogens is 1. The maximum atomic E-state index is 2.69. The van der Waals surface area contributed by atoms with E-state index in [1.807, 2.05) is 0 Å². The zero-order chi connectivity index (χ0) is 59.2. The molecule has 4 heteroatoms. The Labute approximate surface area is 524 Å². The van der Waals surface area contributed by atoms with Crippen LogP contribution in [0.3, 0.4) is 0 Å². The van der Waals surface area contributed by atoms with E-state index in [0.717, 1.165) is 101 Å². The van der Waals surface area contributed by atoms with E-state index in [1.54, 1.807) is 0 Å². The van der Waals surface area contributed by atoms with Crippen LogP contribution in [0.25, 0.3) is 116 Å². The van der Waals surface area contributed by atoms with E-state index in [1.165, 1.54) is 65.4 Å². The summed E-state index contributed by atoms with van der Waals surface area (Å²) in [6, 6.07) is 127. The maximum absolute atomic E-state index is 2.69. The minimum atomic E-state index is -0.227. The molecule has 3 nitrogen and oxygen atoms in total. The molecule has 15 aromatic carbocycles. The summed E-state index contributed by atoms with van der Waals surface area (Å²) in [6.45, 7) is -0.227. The normalized spacial score (nSPS) is 12.4. The quantitative estimate of drug-likeness (QED) is 0.105. The smallest absolute Gasteiger partial charge is 0.252 e. The maximum Gasteiger partial charge on any atom is 0.252 e. The molecule has 18 rings (SSSR count). The highest BCUT2D eigenvalue weighted by atomic mass is 15.2. The van der Waals surface area contributed by atoms with Crippen molar-refractivity contribution in [3.05, 3.63) is 340 Å². The number of rotatable bonds is 9. The summed E-state index contributed by atoms with van der Waals surface area (Å²) in [5.74, 6) is 0. The Morgan fingerprint density at radius 3 is 1.11 bits per heavy atom. The van der Waals surface area contributed by atoms with E-state index in [4.69, 9.17) is 0 Å². The van der Waals surface area contributed by atoms with Gasteiger partial charge in [0.1, 0.15) is 0 Å². The molecule has 0 saturated carbocycles. The topological polar surface area (TPSA) is 11.4 Å². The van der Waals surface area contributed by atoms with Gasteiger partial charge in [0.2, 0.25) is 0 Å². The summed E-state index contributed by atoms with van der Waals surface area (Å²) in [5.41, 5.74) is 27.7. The molecule has 1 aromatic heterocycles. The summed E-state index contributed by atoms with van der Waals surface area (Å²) in [5, 5.41) is 7.30. The molecular weight excluding hydrogens is 1090 g/mol. The highest BCUT2D eigenvalue weighted by molar-refractivity contribution is 7.00. The molecule has 0 N–H and O–H groups in total. The molecule has 2 aliphatic heterocycles. The molecule has 0 unspecified atom stereocenters. The monoisotopic (exact) mass is 1140 g/mol. The second kappa shape index (κ2) is 21.0. The minimum Gasteiger partial charge on any atom is -0.310 e. The average molecular weight is 1140 g/mol. The van der Waals surface area contributed by atoms with Gasteiger partial charge >= 0.3 is 0 Å². The molecule has 0 aliphatic carbocycles. The fourth-order valence-electron chi connectivity index (χ4n) is 15.1. The van der Waals surface area contributed by atoms with Crippen LogP contribution in [0.5, 0.6) is 0 Å². The average Bonchev–Trinajstić information content (AvgIpc) is 0.773. The van der Waals surface area contributed by atoms with Crippen LogP contribution in [-0.2, 0) is 0 Å². The largest absolute Gasteiger partial charge is 0.310 e. The van der Waals surface area contributed by atoms with E-state index in [2.05, 4.69) is 354 Å². The summed E-state index contributed by atoms with van der Waals surface area (Å²) in [4.78, 5) is 5.34. The van der Waals surface area contributed by atoms with Gasteiger partial charge in [-0.05, 0) is 125 Å². The number of hydrogen-bond donors (Lipinski definition) is 0.